The lowest BCUT2D eigenvalue weighted by molar-refractivity contribution is 0.0929. The number of aromatic nitrogens is 2. The summed E-state index contributed by atoms with van der Waals surface area (Å²) in [5, 5.41) is 7.20. The third-order valence-corrected chi connectivity index (χ3v) is 3.25. The van der Waals surface area contributed by atoms with Crippen LogP contribution in [0.4, 0.5) is 0 Å². The topological polar surface area (TPSA) is 68.0 Å². The maximum Gasteiger partial charge on any atom is 0.273 e. The lowest BCUT2D eigenvalue weighted by Gasteiger charge is -2.12. The van der Waals surface area contributed by atoms with Gasteiger partial charge in [-0.3, -0.25) is 9.78 Å². The van der Waals surface area contributed by atoms with E-state index in [-0.39, 0.29) is 23.1 Å². The molecule has 0 bridgehead atoms. The average Bonchev–Trinajstić information content (AvgIpc) is 2.88. The molecule has 2 rings (SSSR count). The van der Waals surface area contributed by atoms with Crippen LogP contribution in [0.1, 0.15) is 55.7 Å². The van der Waals surface area contributed by atoms with Crippen molar-refractivity contribution in [3.63, 3.8) is 0 Å². The molecule has 0 unspecified atom stereocenters. The third-order valence-electron chi connectivity index (χ3n) is 3.02. The minimum atomic E-state index is -0.293. The molecule has 0 aliphatic carbocycles. The molecule has 112 valence electrons. The highest BCUT2D eigenvalue weighted by atomic mass is 35.5. The smallest absolute Gasteiger partial charge is 0.273 e. The van der Waals surface area contributed by atoms with Gasteiger partial charge in [0.1, 0.15) is 5.76 Å². The minimum Gasteiger partial charge on any atom is -0.360 e. The first-order chi connectivity index (χ1) is 9.77. The van der Waals surface area contributed by atoms with Gasteiger partial charge in [0.15, 0.2) is 5.69 Å². The molecule has 1 atom stereocenters. The van der Waals surface area contributed by atoms with E-state index in [1.807, 2.05) is 27.7 Å². The van der Waals surface area contributed by atoms with Crippen molar-refractivity contribution in [2.75, 3.05) is 0 Å². The Hall–Kier alpha value is -1.88. The summed E-state index contributed by atoms with van der Waals surface area (Å²) >= 11 is 5.79. The lowest BCUT2D eigenvalue weighted by atomic mass is 9.93. The molecule has 1 amide bonds. The van der Waals surface area contributed by atoms with Crippen LogP contribution in [-0.2, 0) is 5.41 Å². The number of rotatable bonds is 3. The van der Waals surface area contributed by atoms with Gasteiger partial charge in [0.2, 0.25) is 0 Å². The molecular formula is C15H18ClN3O2. The van der Waals surface area contributed by atoms with Crippen molar-refractivity contribution in [3.8, 4) is 0 Å². The quantitative estimate of drug-likeness (QED) is 0.942. The van der Waals surface area contributed by atoms with Crippen LogP contribution in [0.5, 0.6) is 0 Å². The standard InChI is InChI=1S/C15H18ClN3O2/c1-9(11-6-5-10(16)8-17-11)18-14(20)12-7-13(21-19-12)15(2,3)4/h5-9H,1-4H3,(H,18,20)/t9-/m0/s1. The van der Waals surface area contributed by atoms with Gasteiger partial charge >= 0.3 is 0 Å². The highest BCUT2D eigenvalue weighted by molar-refractivity contribution is 6.30. The zero-order valence-corrected chi connectivity index (χ0v) is 13.2. The van der Waals surface area contributed by atoms with E-state index in [1.54, 1.807) is 24.4 Å². The zero-order chi connectivity index (χ0) is 15.6. The summed E-state index contributed by atoms with van der Waals surface area (Å²) < 4.78 is 5.21. The first-order valence-corrected chi connectivity index (χ1v) is 7.04. The number of hydrogen-bond donors (Lipinski definition) is 1. The molecule has 0 radical (unpaired) electrons. The Labute approximate surface area is 128 Å². The second kappa shape index (κ2) is 5.85. The Bertz CT molecular complexity index is 629. The molecule has 2 aromatic heterocycles. The van der Waals surface area contributed by atoms with Crippen LogP contribution in [0.2, 0.25) is 5.02 Å². The number of amides is 1. The number of nitrogens with one attached hydrogen (secondary N) is 1. The molecule has 0 spiro atoms. The van der Waals surface area contributed by atoms with Crippen LogP contribution in [-0.4, -0.2) is 16.0 Å². The normalized spacial score (nSPS) is 13.0. The van der Waals surface area contributed by atoms with E-state index in [2.05, 4.69) is 15.5 Å². The Kier molecular flexibility index (Phi) is 4.32. The molecule has 0 aliphatic rings. The van der Waals surface area contributed by atoms with Crippen molar-refractivity contribution in [2.24, 2.45) is 0 Å². The van der Waals surface area contributed by atoms with Crippen LogP contribution < -0.4 is 5.32 Å². The molecular weight excluding hydrogens is 290 g/mol. The molecule has 0 aliphatic heterocycles. The number of pyridine rings is 1. The maximum atomic E-state index is 12.1. The Balaban J connectivity index is 2.07. The van der Waals surface area contributed by atoms with Gasteiger partial charge in [-0.1, -0.05) is 37.5 Å². The van der Waals surface area contributed by atoms with Gasteiger partial charge in [0, 0.05) is 17.7 Å². The van der Waals surface area contributed by atoms with Crippen molar-refractivity contribution < 1.29 is 9.32 Å². The van der Waals surface area contributed by atoms with Gasteiger partial charge < -0.3 is 9.84 Å². The summed E-state index contributed by atoms with van der Waals surface area (Å²) in [5.41, 5.74) is 0.808. The molecule has 5 nitrogen and oxygen atoms in total. The van der Waals surface area contributed by atoms with E-state index in [0.29, 0.717) is 10.8 Å². The van der Waals surface area contributed by atoms with Gasteiger partial charge in [0.25, 0.3) is 5.91 Å². The van der Waals surface area contributed by atoms with Crippen molar-refractivity contribution in [1.82, 2.24) is 15.5 Å². The van der Waals surface area contributed by atoms with Crippen molar-refractivity contribution in [2.45, 2.75) is 39.2 Å². The van der Waals surface area contributed by atoms with Gasteiger partial charge in [-0.15, -0.1) is 0 Å². The molecule has 6 heteroatoms. The van der Waals surface area contributed by atoms with Gasteiger partial charge in [0.05, 0.1) is 16.8 Å². The molecule has 0 saturated carbocycles. The van der Waals surface area contributed by atoms with E-state index in [0.717, 1.165) is 5.69 Å². The van der Waals surface area contributed by atoms with Gasteiger partial charge in [-0.2, -0.15) is 0 Å². The largest absolute Gasteiger partial charge is 0.360 e. The number of hydrogen-bond acceptors (Lipinski definition) is 4. The Morgan fingerprint density at radius 1 is 1.38 bits per heavy atom. The average molecular weight is 308 g/mol. The van der Waals surface area contributed by atoms with E-state index in [1.165, 1.54) is 0 Å². The maximum absolute atomic E-state index is 12.1. The SMILES string of the molecule is C[C@H](NC(=O)c1cc(C(C)(C)C)on1)c1ccc(Cl)cn1. The highest BCUT2D eigenvalue weighted by Crippen LogP contribution is 2.23. The predicted molar refractivity (Wildman–Crippen MR) is 80.3 cm³/mol. The van der Waals surface area contributed by atoms with Crippen LogP contribution in [0.15, 0.2) is 28.9 Å². The fourth-order valence-corrected chi connectivity index (χ4v) is 1.84. The molecule has 0 aromatic carbocycles. The Morgan fingerprint density at radius 2 is 2.10 bits per heavy atom. The summed E-state index contributed by atoms with van der Waals surface area (Å²) in [4.78, 5) is 16.3. The van der Waals surface area contributed by atoms with Crippen molar-refractivity contribution in [1.29, 1.82) is 0 Å². The van der Waals surface area contributed by atoms with E-state index < -0.39 is 0 Å². The fourth-order valence-electron chi connectivity index (χ4n) is 1.72. The number of nitrogens with zero attached hydrogens (tertiary/aromatic N) is 2. The molecule has 1 N–H and O–H groups in total. The van der Waals surface area contributed by atoms with E-state index in [4.69, 9.17) is 16.1 Å². The fraction of sp³-hybridized carbons (Fsp3) is 0.400. The first kappa shape index (κ1) is 15.5. The number of carbonyl (C=O) groups is 1. The molecule has 2 aromatic rings. The second-order valence-electron chi connectivity index (χ2n) is 5.92. The summed E-state index contributed by atoms with van der Waals surface area (Å²) in [5.74, 6) is 0.378. The second-order valence-corrected chi connectivity index (χ2v) is 6.36. The summed E-state index contributed by atoms with van der Waals surface area (Å²) in [7, 11) is 0. The molecule has 0 fully saturated rings. The molecule has 0 saturated heterocycles. The van der Waals surface area contributed by atoms with Gasteiger partial charge in [-0.05, 0) is 19.1 Å². The van der Waals surface area contributed by atoms with Crippen LogP contribution in [0, 0.1) is 0 Å². The highest BCUT2D eigenvalue weighted by Gasteiger charge is 2.23. The van der Waals surface area contributed by atoms with Crippen LogP contribution in [0.3, 0.4) is 0 Å². The zero-order valence-electron chi connectivity index (χ0n) is 12.5. The number of carbonyl (C=O) groups excluding carboxylic acids is 1. The van der Waals surface area contributed by atoms with Crippen molar-refractivity contribution in [3.05, 3.63) is 46.6 Å². The first-order valence-electron chi connectivity index (χ1n) is 6.67. The Morgan fingerprint density at radius 3 is 2.62 bits per heavy atom. The summed E-state index contributed by atoms with van der Waals surface area (Å²) in [6, 6.07) is 4.93. The lowest BCUT2D eigenvalue weighted by Crippen LogP contribution is -2.27. The van der Waals surface area contributed by atoms with Crippen molar-refractivity contribution >= 4 is 17.5 Å². The van der Waals surface area contributed by atoms with Gasteiger partial charge in [-0.25, -0.2) is 0 Å². The number of halogens is 1. The third kappa shape index (κ3) is 3.82. The van der Waals surface area contributed by atoms with E-state index in [9.17, 15) is 4.79 Å². The van der Waals surface area contributed by atoms with E-state index >= 15 is 0 Å². The van der Waals surface area contributed by atoms with Crippen LogP contribution in [0.25, 0.3) is 0 Å². The van der Waals surface area contributed by atoms with Crippen LogP contribution >= 0.6 is 11.6 Å². The monoisotopic (exact) mass is 307 g/mol. The minimum absolute atomic E-state index is 0.186. The summed E-state index contributed by atoms with van der Waals surface area (Å²) in [6.45, 7) is 7.83. The summed E-state index contributed by atoms with van der Waals surface area (Å²) in [6.07, 6.45) is 1.55. The predicted octanol–water partition coefficient (Wildman–Crippen LogP) is 3.51. The molecule has 21 heavy (non-hydrogen) atoms. The molecule has 2 heterocycles.